The van der Waals surface area contributed by atoms with Gasteiger partial charge >= 0.3 is 5.97 Å². The Morgan fingerprint density at radius 2 is 2.19 bits per heavy atom. The molecule has 0 aromatic rings. The van der Waals surface area contributed by atoms with Crippen LogP contribution < -0.4 is 0 Å². The first-order valence-electron chi connectivity index (χ1n) is 6.16. The number of hydrogen-bond donors (Lipinski definition) is 1. The fourth-order valence-electron chi connectivity index (χ4n) is 2.46. The Morgan fingerprint density at radius 3 is 2.56 bits per heavy atom. The second-order valence-corrected chi connectivity index (χ2v) is 4.96. The van der Waals surface area contributed by atoms with Gasteiger partial charge in [-0.3, -0.25) is 14.6 Å². The zero-order chi connectivity index (χ0) is 12.3. The average Bonchev–Trinajstić information content (AvgIpc) is 2.66. The molecular weight excluding hydrogens is 204 g/mol. The van der Waals surface area contributed by atoms with Crippen LogP contribution in [0.4, 0.5) is 0 Å². The zero-order valence-electron chi connectivity index (χ0n) is 10.8. The van der Waals surface area contributed by atoms with Crippen LogP contribution in [0.2, 0.25) is 0 Å². The Labute approximate surface area is 98.2 Å². The molecule has 0 bridgehead atoms. The molecule has 1 fully saturated rings. The Balaban J connectivity index is 2.55. The molecule has 0 spiro atoms. The van der Waals surface area contributed by atoms with Gasteiger partial charge in [0.15, 0.2) is 0 Å². The van der Waals surface area contributed by atoms with Crippen LogP contribution in [0.5, 0.6) is 0 Å². The van der Waals surface area contributed by atoms with Gasteiger partial charge in [0, 0.05) is 25.2 Å². The van der Waals surface area contributed by atoms with Crippen LogP contribution in [0.25, 0.3) is 0 Å². The third kappa shape index (κ3) is 2.95. The average molecular weight is 228 g/mol. The maximum absolute atomic E-state index is 11.1. The lowest BCUT2D eigenvalue weighted by Gasteiger charge is -2.30. The van der Waals surface area contributed by atoms with Gasteiger partial charge in [0.05, 0.1) is 0 Å². The first-order chi connectivity index (χ1) is 7.47. The van der Waals surface area contributed by atoms with Gasteiger partial charge in [-0.05, 0) is 33.7 Å². The van der Waals surface area contributed by atoms with Crippen molar-refractivity contribution in [3.8, 4) is 0 Å². The highest BCUT2D eigenvalue weighted by Crippen LogP contribution is 2.19. The molecule has 0 saturated carbocycles. The molecule has 0 amide bonds. The van der Waals surface area contributed by atoms with Crippen LogP contribution in [0.3, 0.4) is 0 Å². The van der Waals surface area contributed by atoms with Crippen LogP contribution in [0, 0.1) is 0 Å². The Kier molecular flexibility index (Phi) is 4.74. The molecule has 1 saturated heterocycles. The third-order valence-corrected chi connectivity index (χ3v) is 3.66. The predicted octanol–water partition coefficient (Wildman–Crippen LogP) is 1.26. The van der Waals surface area contributed by atoms with E-state index < -0.39 is 5.97 Å². The maximum Gasteiger partial charge on any atom is 0.320 e. The van der Waals surface area contributed by atoms with Crippen LogP contribution >= 0.6 is 0 Å². The lowest BCUT2D eigenvalue weighted by atomic mass is 10.1. The van der Waals surface area contributed by atoms with Crippen molar-refractivity contribution in [2.24, 2.45) is 0 Å². The summed E-state index contributed by atoms with van der Waals surface area (Å²) in [6.07, 6.45) is 1.75. The maximum atomic E-state index is 11.1. The van der Waals surface area contributed by atoms with Gasteiger partial charge in [-0.1, -0.05) is 6.92 Å². The second kappa shape index (κ2) is 5.64. The molecule has 0 aromatic carbocycles. The molecule has 1 aliphatic heterocycles. The van der Waals surface area contributed by atoms with Crippen molar-refractivity contribution in [3.05, 3.63) is 0 Å². The van der Waals surface area contributed by atoms with E-state index in [1.807, 2.05) is 18.9 Å². The molecule has 4 nitrogen and oxygen atoms in total. The molecule has 1 aliphatic rings. The summed E-state index contributed by atoms with van der Waals surface area (Å²) in [5.74, 6) is -0.701. The van der Waals surface area contributed by atoms with E-state index in [-0.39, 0.29) is 6.04 Å². The molecule has 0 aliphatic carbocycles. The van der Waals surface area contributed by atoms with Crippen LogP contribution in [0.15, 0.2) is 0 Å². The van der Waals surface area contributed by atoms with E-state index in [9.17, 15) is 4.79 Å². The number of carboxylic acid groups (broad SMARTS) is 1. The standard InChI is InChI=1S/C12H24N2O2/c1-5-11(12(15)16)13(4)10-6-7-14(8-10)9(2)3/h9-11H,5-8H2,1-4H3,(H,15,16). The SMILES string of the molecule is CCC(C(=O)O)N(C)C1CCN(C(C)C)C1. The minimum atomic E-state index is -0.701. The zero-order valence-corrected chi connectivity index (χ0v) is 10.8. The number of carbonyl (C=O) groups is 1. The second-order valence-electron chi connectivity index (χ2n) is 4.96. The summed E-state index contributed by atoms with van der Waals surface area (Å²) in [5.41, 5.74) is 0. The normalized spacial score (nSPS) is 24.2. The van der Waals surface area contributed by atoms with Crippen LogP contribution in [-0.2, 0) is 4.79 Å². The molecule has 1 N–H and O–H groups in total. The van der Waals surface area contributed by atoms with Gasteiger partial charge in [0.2, 0.25) is 0 Å². The van der Waals surface area contributed by atoms with E-state index in [1.165, 1.54) is 0 Å². The highest BCUT2D eigenvalue weighted by Gasteiger charge is 2.32. The Hall–Kier alpha value is -0.610. The fourth-order valence-corrected chi connectivity index (χ4v) is 2.46. The van der Waals surface area contributed by atoms with E-state index in [0.717, 1.165) is 19.5 Å². The molecule has 4 heteroatoms. The highest BCUT2D eigenvalue weighted by molar-refractivity contribution is 5.73. The molecular formula is C12H24N2O2. The first kappa shape index (κ1) is 13.5. The number of rotatable bonds is 5. The van der Waals surface area contributed by atoms with Gasteiger partial charge in [-0.25, -0.2) is 0 Å². The summed E-state index contributed by atoms with van der Waals surface area (Å²) >= 11 is 0. The number of likely N-dealkylation sites (N-methyl/N-ethyl adjacent to an activating group) is 1. The number of carboxylic acids is 1. The monoisotopic (exact) mass is 228 g/mol. The first-order valence-corrected chi connectivity index (χ1v) is 6.16. The molecule has 0 radical (unpaired) electrons. The van der Waals surface area contributed by atoms with Crippen LogP contribution in [-0.4, -0.2) is 59.1 Å². The lowest BCUT2D eigenvalue weighted by molar-refractivity contribution is -0.143. The Bertz CT molecular complexity index is 243. The topological polar surface area (TPSA) is 43.8 Å². The summed E-state index contributed by atoms with van der Waals surface area (Å²) in [6, 6.07) is 0.615. The molecule has 2 unspecified atom stereocenters. The fraction of sp³-hybridized carbons (Fsp3) is 0.917. The van der Waals surface area contributed by atoms with E-state index >= 15 is 0 Å². The smallest absolute Gasteiger partial charge is 0.320 e. The van der Waals surface area contributed by atoms with Gasteiger partial charge in [0.1, 0.15) is 6.04 Å². The Morgan fingerprint density at radius 1 is 1.56 bits per heavy atom. The summed E-state index contributed by atoms with van der Waals surface area (Å²) in [4.78, 5) is 15.5. The van der Waals surface area contributed by atoms with E-state index in [0.29, 0.717) is 18.5 Å². The van der Waals surface area contributed by atoms with Crippen LogP contribution in [0.1, 0.15) is 33.6 Å². The van der Waals surface area contributed by atoms with E-state index in [2.05, 4.69) is 18.7 Å². The molecule has 16 heavy (non-hydrogen) atoms. The lowest BCUT2D eigenvalue weighted by Crippen LogP contribution is -2.46. The van der Waals surface area contributed by atoms with Gasteiger partial charge in [-0.15, -0.1) is 0 Å². The number of hydrogen-bond acceptors (Lipinski definition) is 3. The molecule has 2 atom stereocenters. The van der Waals surface area contributed by atoms with Crippen molar-refractivity contribution in [1.82, 2.24) is 9.80 Å². The predicted molar refractivity (Wildman–Crippen MR) is 64.6 cm³/mol. The summed E-state index contributed by atoms with van der Waals surface area (Å²) in [7, 11) is 1.94. The number of likely N-dealkylation sites (tertiary alicyclic amines) is 1. The van der Waals surface area contributed by atoms with Gasteiger partial charge < -0.3 is 5.11 Å². The summed E-state index contributed by atoms with van der Waals surface area (Å²) in [6.45, 7) is 8.40. The van der Waals surface area contributed by atoms with Crippen molar-refractivity contribution >= 4 is 5.97 Å². The number of nitrogens with zero attached hydrogens (tertiary/aromatic N) is 2. The van der Waals surface area contributed by atoms with E-state index in [1.54, 1.807) is 0 Å². The number of aliphatic carboxylic acids is 1. The highest BCUT2D eigenvalue weighted by atomic mass is 16.4. The van der Waals surface area contributed by atoms with Gasteiger partial charge in [-0.2, -0.15) is 0 Å². The van der Waals surface area contributed by atoms with Crippen molar-refractivity contribution in [2.45, 2.75) is 51.7 Å². The summed E-state index contributed by atoms with van der Waals surface area (Å²) < 4.78 is 0. The quantitative estimate of drug-likeness (QED) is 0.769. The van der Waals surface area contributed by atoms with Crippen molar-refractivity contribution in [3.63, 3.8) is 0 Å². The third-order valence-electron chi connectivity index (χ3n) is 3.66. The molecule has 0 aromatic heterocycles. The van der Waals surface area contributed by atoms with Gasteiger partial charge in [0.25, 0.3) is 0 Å². The van der Waals surface area contributed by atoms with Crippen molar-refractivity contribution in [2.75, 3.05) is 20.1 Å². The largest absolute Gasteiger partial charge is 0.480 e. The van der Waals surface area contributed by atoms with Crippen molar-refractivity contribution in [1.29, 1.82) is 0 Å². The minimum Gasteiger partial charge on any atom is -0.480 e. The summed E-state index contributed by atoms with van der Waals surface area (Å²) in [5, 5.41) is 9.12. The van der Waals surface area contributed by atoms with E-state index in [4.69, 9.17) is 5.11 Å². The molecule has 94 valence electrons. The molecule has 1 rings (SSSR count). The van der Waals surface area contributed by atoms with Crippen molar-refractivity contribution < 1.29 is 9.90 Å². The minimum absolute atomic E-state index is 0.336. The molecule has 1 heterocycles.